The minimum atomic E-state index is 0.0251. The Morgan fingerprint density at radius 1 is 1.10 bits per heavy atom. The Kier molecular flexibility index (Phi) is 4.81. The largest absolute Gasteiger partial charge is 0.496 e. The third-order valence-corrected chi connectivity index (χ3v) is 3.88. The van der Waals surface area contributed by atoms with Gasteiger partial charge < -0.3 is 4.74 Å². The van der Waals surface area contributed by atoms with E-state index in [1.54, 1.807) is 7.11 Å². The van der Waals surface area contributed by atoms with Crippen LogP contribution in [0.15, 0.2) is 42.5 Å². The molecule has 0 unspecified atom stereocenters. The minimum Gasteiger partial charge on any atom is -0.496 e. The van der Waals surface area contributed by atoms with Gasteiger partial charge in [0.25, 0.3) is 0 Å². The molecular formula is C17H17IO2. The summed E-state index contributed by atoms with van der Waals surface area (Å²) in [6, 6.07) is 13.3. The Hall–Kier alpha value is -1.36. The highest BCUT2D eigenvalue weighted by Gasteiger charge is 2.14. The number of halogens is 1. The third-order valence-electron chi connectivity index (χ3n) is 3.20. The molecule has 2 rings (SSSR count). The highest BCUT2D eigenvalue weighted by atomic mass is 127. The van der Waals surface area contributed by atoms with Gasteiger partial charge in [-0.05, 0) is 52.3 Å². The van der Waals surface area contributed by atoms with Crippen LogP contribution in [-0.4, -0.2) is 12.9 Å². The number of carbonyl (C=O) groups excluding carboxylic acids is 1. The summed E-state index contributed by atoms with van der Waals surface area (Å²) in [6.07, 6.45) is 0. The lowest BCUT2D eigenvalue weighted by molar-refractivity contribution is 0.103. The summed E-state index contributed by atoms with van der Waals surface area (Å²) in [5.41, 5.74) is 2.48. The fourth-order valence-electron chi connectivity index (χ4n) is 2.13. The molecule has 2 aromatic carbocycles. The molecule has 2 nitrogen and oxygen atoms in total. The number of hydrogen-bond donors (Lipinski definition) is 0. The lowest BCUT2D eigenvalue weighted by Gasteiger charge is -2.13. The van der Waals surface area contributed by atoms with Gasteiger partial charge in [-0.25, -0.2) is 0 Å². The predicted octanol–water partition coefficient (Wildman–Crippen LogP) is 4.65. The van der Waals surface area contributed by atoms with E-state index in [1.807, 2.05) is 42.5 Å². The molecule has 0 radical (unpaired) electrons. The summed E-state index contributed by atoms with van der Waals surface area (Å²) in [4.78, 5) is 12.5. The monoisotopic (exact) mass is 380 g/mol. The first-order chi connectivity index (χ1) is 9.52. The predicted molar refractivity (Wildman–Crippen MR) is 89.7 cm³/mol. The molecule has 0 bridgehead atoms. The van der Waals surface area contributed by atoms with Crippen LogP contribution >= 0.6 is 22.6 Å². The van der Waals surface area contributed by atoms with E-state index in [9.17, 15) is 4.79 Å². The number of ketones is 1. The molecule has 0 spiro atoms. The lowest BCUT2D eigenvalue weighted by Crippen LogP contribution is -2.03. The second-order valence-corrected chi connectivity index (χ2v) is 6.20. The van der Waals surface area contributed by atoms with Gasteiger partial charge in [-0.1, -0.05) is 38.1 Å². The molecule has 0 aliphatic heterocycles. The van der Waals surface area contributed by atoms with E-state index in [0.29, 0.717) is 17.0 Å². The summed E-state index contributed by atoms with van der Waals surface area (Å²) >= 11 is 2.21. The smallest absolute Gasteiger partial charge is 0.193 e. The van der Waals surface area contributed by atoms with E-state index in [4.69, 9.17) is 4.74 Å². The van der Waals surface area contributed by atoms with E-state index < -0.39 is 0 Å². The maximum absolute atomic E-state index is 12.5. The molecule has 0 saturated heterocycles. The van der Waals surface area contributed by atoms with Gasteiger partial charge in [-0.3, -0.25) is 4.79 Å². The van der Waals surface area contributed by atoms with Crippen molar-refractivity contribution >= 4 is 28.4 Å². The van der Waals surface area contributed by atoms with E-state index >= 15 is 0 Å². The number of ether oxygens (including phenoxy) is 1. The first-order valence-corrected chi connectivity index (χ1v) is 7.59. The average Bonchev–Trinajstić information content (AvgIpc) is 2.45. The number of carbonyl (C=O) groups is 1. The molecule has 20 heavy (non-hydrogen) atoms. The maximum Gasteiger partial charge on any atom is 0.193 e. The zero-order chi connectivity index (χ0) is 14.7. The number of hydrogen-bond acceptors (Lipinski definition) is 2. The Morgan fingerprint density at radius 3 is 2.40 bits per heavy atom. The summed E-state index contributed by atoms with van der Waals surface area (Å²) in [6.45, 7) is 4.22. The summed E-state index contributed by atoms with van der Waals surface area (Å²) in [5, 5.41) is 0. The van der Waals surface area contributed by atoms with Crippen LogP contribution in [0.5, 0.6) is 5.75 Å². The van der Waals surface area contributed by atoms with E-state index in [1.165, 1.54) is 0 Å². The second-order valence-electron chi connectivity index (χ2n) is 4.95. The normalized spacial score (nSPS) is 10.7. The van der Waals surface area contributed by atoms with Crippen LogP contribution in [-0.2, 0) is 0 Å². The van der Waals surface area contributed by atoms with Crippen LogP contribution in [0.2, 0.25) is 0 Å². The Balaban J connectivity index is 2.41. The van der Waals surface area contributed by atoms with Crippen LogP contribution in [0.4, 0.5) is 0 Å². The average molecular weight is 380 g/mol. The fraction of sp³-hybridized carbons (Fsp3) is 0.235. The van der Waals surface area contributed by atoms with Gasteiger partial charge in [0.15, 0.2) is 5.78 Å². The number of rotatable bonds is 4. The first-order valence-electron chi connectivity index (χ1n) is 6.51. The van der Waals surface area contributed by atoms with Crippen molar-refractivity contribution in [2.24, 2.45) is 0 Å². The quantitative estimate of drug-likeness (QED) is 0.570. The van der Waals surface area contributed by atoms with Crippen molar-refractivity contribution in [3.63, 3.8) is 0 Å². The molecule has 0 aliphatic carbocycles. The van der Waals surface area contributed by atoms with E-state index in [2.05, 4.69) is 36.4 Å². The maximum atomic E-state index is 12.5. The van der Waals surface area contributed by atoms with Crippen molar-refractivity contribution in [3.05, 3.63) is 62.7 Å². The van der Waals surface area contributed by atoms with E-state index in [0.717, 1.165) is 14.9 Å². The van der Waals surface area contributed by atoms with Crippen LogP contribution in [0.3, 0.4) is 0 Å². The van der Waals surface area contributed by atoms with Gasteiger partial charge >= 0.3 is 0 Å². The molecule has 104 valence electrons. The standard InChI is InChI=1S/C17H17IO2/c1-11(2)15-8-7-13(10-16(15)20-3)17(19)12-5-4-6-14(18)9-12/h4-11H,1-3H3. The van der Waals surface area contributed by atoms with Gasteiger partial charge in [-0.15, -0.1) is 0 Å². The first kappa shape index (κ1) is 15.0. The summed E-state index contributed by atoms with van der Waals surface area (Å²) in [5.74, 6) is 1.17. The molecular weight excluding hydrogens is 363 g/mol. The van der Waals surface area contributed by atoms with Crippen molar-refractivity contribution < 1.29 is 9.53 Å². The van der Waals surface area contributed by atoms with Crippen LogP contribution in [0, 0.1) is 3.57 Å². The second kappa shape index (κ2) is 6.39. The van der Waals surface area contributed by atoms with Gasteiger partial charge in [0.05, 0.1) is 7.11 Å². The highest BCUT2D eigenvalue weighted by molar-refractivity contribution is 14.1. The van der Waals surface area contributed by atoms with Crippen molar-refractivity contribution in [1.82, 2.24) is 0 Å². The highest BCUT2D eigenvalue weighted by Crippen LogP contribution is 2.28. The molecule has 0 aromatic heterocycles. The van der Waals surface area contributed by atoms with Gasteiger partial charge in [-0.2, -0.15) is 0 Å². The Labute approximate surface area is 133 Å². The van der Waals surface area contributed by atoms with Crippen LogP contribution in [0.25, 0.3) is 0 Å². The SMILES string of the molecule is COc1cc(C(=O)c2cccc(I)c2)ccc1C(C)C. The van der Waals surface area contributed by atoms with E-state index in [-0.39, 0.29) is 5.78 Å². The summed E-state index contributed by atoms with van der Waals surface area (Å²) in [7, 11) is 1.64. The molecule has 0 heterocycles. The topological polar surface area (TPSA) is 26.3 Å². The molecule has 0 saturated carbocycles. The molecule has 0 N–H and O–H groups in total. The van der Waals surface area contributed by atoms with Crippen molar-refractivity contribution in [2.75, 3.05) is 7.11 Å². The minimum absolute atomic E-state index is 0.0251. The number of methoxy groups -OCH3 is 1. The van der Waals surface area contributed by atoms with Gasteiger partial charge in [0.1, 0.15) is 5.75 Å². The van der Waals surface area contributed by atoms with Crippen LogP contribution in [0.1, 0.15) is 41.3 Å². The Morgan fingerprint density at radius 2 is 1.80 bits per heavy atom. The Bertz CT molecular complexity index is 633. The molecule has 2 aromatic rings. The summed E-state index contributed by atoms with van der Waals surface area (Å²) < 4.78 is 6.46. The zero-order valence-electron chi connectivity index (χ0n) is 11.8. The lowest BCUT2D eigenvalue weighted by atomic mass is 9.97. The molecule has 0 aliphatic rings. The van der Waals surface area contributed by atoms with Gasteiger partial charge in [0.2, 0.25) is 0 Å². The van der Waals surface area contributed by atoms with Crippen molar-refractivity contribution in [3.8, 4) is 5.75 Å². The van der Waals surface area contributed by atoms with Crippen molar-refractivity contribution in [1.29, 1.82) is 0 Å². The van der Waals surface area contributed by atoms with Crippen LogP contribution < -0.4 is 4.74 Å². The number of benzene rings is 2. The third kappa shape index (κ3) is 3.20. The molecule has 0 fully saturated rings. The van der Waals surface area contributed by atoms with Gasteiger partial charge in [0, 0.05) is 14.7 Å². The fourth-order valence-corrected chi connectivity index (χ4v) is 2.67. The zero-order valence-corrected chi connectivity index (χ0v) is 14.0. The molecule has 3 heteroatoms. The molecule has 0 amide bonds. The molecule has 0 atom stereocenters. The van der Waals surface area contributed by atoms with Crippen molar-refractivity contribution in [2.45, 2.75) is 19.8 Å².